The molecule has 0 saturated heterocycles. The Morgan fingerprint density at radius 1 is 0.741 bits per heavy atom. The van der Waals surface area contributed by atoms with Crippen molar-refractivity contribution in [1.29, 1.82) is 0 Å². The molecule has 0 amide bonds. The Bertz CT molecular complexity index is 430. The molecule has 0 unspecified atom stereocenters. The van der Waals surface area contributed by atoms with E-state index in [4.69, 9.17) is 5.73 Å². The Hall–Kier alpha value is 0.380. The van der Waals surface area contributed by atoms with E-state index in [2.05, 4.69) is 11.1 Å². The van der Waals surface area contributed by atoms with E-state index in [0.717, 1.165) is 12.8 Å². The van der Waals surface area contributed by atoms with Crippen LogP contribution in [0.5, 0.6) is 0 Å². The first-order valence-electron chi connectivity index (χ1n) is 10.7. The minimum atomic E-state index is -3.78. The molecule has 27 heavy (non-hydrogen) atoms. The minimum absolute atomic E-state index is 0. The van der Waals surface area contributed by atoms with Gasteiger partial charge in [0.2, 0.25) is 0 Å². The van der Waals surface area contributed by atoms with Crippen LogP contribution in [0.1, 0.15) is 110 Å². The summed E-state index contributed by atoms with van der Waals surface area (Å²) in [5.41, 5.74) is 5.16. The molecule has 0 aromatic rings. The fourth-order valence-corrected chi connectivity index (χ4v) is 3.75. The normalized spacial score (nSPS) is 11.2. The Kier molecular flexibility index (Phi) is 23.1. The van der Waals surface area contributed by atoms with E-state index in [-0.39, 0.29) is 48.3 Å². The van der Waals surface area contributed by atoms with Crippen molar-refractivity contribution in [3.05, 3.63) is 0 Å². The first kappa shape index (κ1) is 29.6. The topological polar surface area (TPSA) is 86.5 Å². The fourth-order valence-electron chi connectivity index (χ4n) is 3.01. The molecule has 0 rings (SSSR count). The second-order valence-electron chi connectivity index (χ2n) is 7.21. The Morgan fingerprint density at radius 2 is 1.11 bits per heavy atom. The molecule has 0 saturated carbocycles. The standard InChI is InChI=1S/C20H41NO4S.Na.H/c1-2-3-4-5-6-7-8-9-10-11-12-13-14-15-16-17-20(22)25-26(23,24)19-18-21;;/h2-19,21H2,1H3;;. The third-order valence-corrected chi connectivity index (χ3v) is 5.75. The Labute approximate surface area is 190 Å². The molecule has 0 aromatic heterocycles. The van der Waals surface area contributed by atoms with Crippen molar-refractivity contribution >= 4 is 45.6 Å². The van der Waals surface area contributed by atoms with Gasteiger partial charge in [-0.2, -0.15) is 8.42 Å². The Morgan fingerprint density at radius 3 is 1.48 bits per heavy atom. The Balaban J connectivity index is 0. The quantitative estimate of drug-likeness (QED) is 0.192. The van der Waals surface area contributed by atoms with Crippen molar-refractivity contribution in [3.63, 3.8) is 0 Å². The van der Waals surface area contributed by atoms with Gasteiger partial charge < -0.3 is 9.92 Å². The predicted octanol–water partition coefficient (Wildman–Crippen LogP) is 4.43. The van der Waals surface area contributed by atoms with E-state index in [9.17, 15) is 13.2 Å². The number of carbonyl (C=O) groups is 1. The van der Waals surface area contributed by atoms with Crippen molar-refractivity contribution in [2.75, 3.05) is 12.3 Å². The molecular weight excluding hydrogens is 373 g/mol. The van der Waals surface area contributed by atoms with Gasteiger partial charge in [-0.05, 0) is 6.42 Å². The molecule has 0 fully saturated rings. The molecule has 0 atom stereocenters. The van der Waals surface area contributed by atoms with Crippen molar-refractivity contribution in [3.8, 4) is 0 Å². The van der Waals surface area contributed by atoms with Crippen LogP contribution < -0.4 is 5.73 Å². The van der Waals surface area contributed by atoms with Crippen molar-refractivity contribution < 1.29 is 17.4 Å². The van der Waals surface area contributed by atoms with Gasteiger partial charge >= 0.3 is 45.6 Å². The van der Waals surface area contributed by atoms with Gasteiger partial charge in [0.25, 0.3) is 0 Å². The fraction of sp³-hybridized carbons (Fsp3) is 0.950. The summed E-state index contributed by atoms with van der Waals surface area (Å²) in [5, 5.41) is 0. The van der Waals surface area contributed by atoms with Gasteiger partial charge in [-0.1, -0.05) is 96.8 Å². The SMILES string of the molecule is CCCCCCCCCCCCCCCCCC(=O)OS(=O)(=O)CCN.[NaH]. The van der Waals surface area contributed by atoms with Crippen LogP contribution in [0.15, 0.2) is 0 Å². The number of hydrogen-bond donors (Lipinski definition) is 1. The molecule has 0 spiro atoms. The van der Waals surface area contributed by atoms with E-state index >= 15 is 0 Å². The van der Waals surface area contributed by atoms with Crippen LogP contribution in [0.3, 0.4) is 0 Å². The van der Waals surface area contributed by atoms with Gasteiger partial charge in [0, 0.05) is 13.0 Å². The monoisotopic (exact) mass is 415 g/mol. The zero-order valence-electron chi connectivity index (χ0n) is 16.8. The van der Waals surface area contributed by atoms with Gasteiger partial charge in [-0.15, -0.1) is 0 Å². The maximum absolute atomic E-state index is 11.4. The molecule has 0 aromatic carbocycles. The second kappa shape index (κ2) is 21.1. The molecule has 7 heteroatoms. The summed E-state index contributed by atoms with van der Waals surface area (Å²) in [6.07, 6.45) is 19.0. The molecule has 5 nitrogen and oxygen atoms in total. The van der Waals surface area contributed by atoms with Gasteiger partial charge in [-0.25, -0.2) is 0 Å². The van der Waals surface area contributed by atoms with Crippen molar-refractivity contribution in [2.24, 2.45) is 5.73 Å². The van der Waals surface area contributed by atoms with Crippen LogP contribution in [-0.4, -0.2) is 56.2 Å². The summed E-state index contributed by atoms with van der Waals surface area (Å²) in [6, 6.07) is 0. The third-order valence-electron chi connectivity index (χ3n) is 4.57. The molecule has 0 radical (unpaired) electrons. The van der Waals surface area contributed by atoms with Crippen LogP contribution in [-0.2, 0) is 19.1 Å². The molecule has 158 valence electrons. The number of rotatable bonds is 19. The third kappa shape index (κ3) is 22.5. The van der Waals surface area contributed by atoms with Crippen molar-refractivity contribution in [1.82, 2.24) is 0 Å². The zero-order valence-corrected chi connectivity index (χ0v) is 17.7. The predicted molar refractivity (Wildman–Crippen MR) is 116 cm³/mol. The average Bonchev–Trinajstić information content (AvgIpc) is 2.57. The first-order valence-corrected chi connectivity index (χ1v) is 12.2. The van der Waals surface area contributed by atoms with Crippen molar-refractivity contribution in [2.45, 2.75) is 110 Å². The van der Waals surface area contributed by atoms with Gasteiger partial charge in [-0.3, -0.25) is 4.79 Å². The van der Waals surface area contributed by atoms with Crippen LogP contribution in [0, 0.1) is 0 Å². The zero-order chi connectivity index (χ0) is 19.5. The second-order valence-corrected chi connectivity index (χ2v) is 8.90. The van der Waals surface area contributed by atoms with E-state index in [1.54, 1.807) is 0 Å². The van der Waals surface area contributed by atoms with Gasteiger partial charge in [0.05, 0.1) is 5.75 Å². The first-order chi connectivity index (χ1) is 12.5. The molecule has 0 aliphatic heterocycles. The summed E-state index contributed by atoms with van der Waals surface area (Å²) < 4.78 is 27.0. The van der Waals surface area contributed by atoms with E-state index in [1.807, 2.05) is 0 Å². The van der Waals surface area contributed by atoms with Crippen LogP contribution in [0.4, 0.5) is 0 Å². The summed E-state index contributed by atoms with van der Waals surface area (Å²) >= 11 is 0. The van der Waals surface area contributed by atoms with Gasteiger partial charge in [0.15, 0.2) is 0 Å². The van der Waals surface area contributed by atoms with Crippen LogP contribution in [0.25, 0.3) is 0 Å². The summed E-state index contributed by atoms with van der Waals surface area (Å²) in [6.45, 7) is 2.22. The molecule has 0 bridgehead atoms. The van der Waals surface area contributed by atoms with Gasteiger partial charge in [0.1, 0.15) is 0 Å². The summed E-state index contributed by atoms with van der Waals surface area (Å²) in [5.74, 6) is -0.967. The molecule has 0 heterocycles. The van der Waals surface area contributed by atoms with Crippen LogP contribution in [0.2, 0.25) is 0 Å². The molecule has 2 N–H and O–H groups in total. The van der Waals surface area contributed by atoms with E-state index < -0.39 is 16.1 Å². The number of unbranched alkanes of at least 4 members (excludes halogenated alkanes) is 14. The van der Waals surface area contributed by atoms with Crippen LogP contribution >= 0.6 is 0 Å². The van der Waals surface area contributed by atoms with E-state index in [1.165, 1.54) is 77.0 Å². The molecule has 0 aliphatic rings. The van der Waals surface area contributed by atoms with E-state index in [0.29, 0.717) is 6.42 Å². The number of carbonyl (C=O) groups excluding carboxylic acids is 1. The number of nitrogens with two attached hydrogens (primary N) is 1. The molecular formula is C20H42NNaO4S. The summed E-state index contributed by atoms with van der Waals surface area (Å²) in [4.78, 5) is 11.4. The average molecular weight is 416 g/mol. The maximum atomic E-state index is 11.4. The molecule has 0 aliphatic carbocycles. The number of hydrogen-bond acceptors (Lipinski definition) is 5. The summed E-state index contributed by atoms with van der Waals surface area (Å²) in [7, 11) is -3.78.